The van der Waals surface area contributed by atoms with Crippen molar-refractivity contribution in [2.45, 2.75) is 13.5 Å². The summed E-state index contributed by atoms with van der Waals surface area (Å²) >= 11 is 3.49. The molecule has 102 valence electrons. The van der Waals surface area contributed by atoms with Crippen LogP contribution in [0.5, 0.6) is 0 Å². The van der Waals surface area contributed by atoms with Gasteiger partial charge in [-0.2, -0.15) is 5.26 Å². The third kappa shape index (κ3) is 3.45. The van der Waals surface area contributed by atoms with E-state index in [9.17, 15) is 0 Å². The molecule has 0 radical (unpaired) electrons. The Morgan fingerprint density at radius 3 is 2.40 bits per heavy atom. The SMILES string of the molecule is CCNc1ncnc(NCc2ccc(C#N)cc2)c1Br. The van der Waals surface area contributed by atoms with E-state index < -0.39 is 0 Å². The fraction of sp³-hybridized carbons (Fsp3) is 0.214. The van der Waals surface area contributed by atoms with Crippen LogP contribution in [-0.4, -0.2) is 16.5 Å². The van der Waals surface area contributed by atoms with Crippen molar-refractivity contribution < 1.29 is 0 Å². The predicted molar refractivity (Wildman–Crippen MR) is 82.4 cm³/mol. The first-order valence-electron chi connectivity index (χ1n) is 6.22. The molecule has 0 amide bonds. The third-order valence-corrected chi connectivity index (χ3v) is 3.43. The van der Waals surface area contributed by atoms with Crippen LogP contribution in [0.4, 0.5) is 11.6 Å². The van der Waals surface area contributed by atoms with Crippen molar-refractivity contribution in [3.05, 3.63) is 46.2 Å². The normalized spacial score (nSPS) is 9.85. The number of aromatic nitrogens is 2. The molecule has 0 saturated heterocycles. The lowest BCUT2D eigenvalue weighted by atomic mass is 10.1. The Morgan fingerprint density at radius 2 is 1.80 bits per heavy atom. The second-order valence-electron chi connectivity index (χ2n) is 4.08. The van der Waals surface area contributed by atoms with Crippen LogP contribution in [0.25, 0.3) is 0 Å². The van der Waals surface area contributed by atoms with E-state index in [4.69, 9.17) is 5.26 Å². The number of nitrogens with one attached hydrogen (secondary N) is 2. The molecule has 2 aromatic rings. The molecule has 1 aromatic carbocycles. The molecule has 0 atom stereocenters. The summed E-state index contributed by atoms with van der Waals surface area (Å²) in [5.41, 5.74) is 1.74. The van der Waals surface area contributed by atoms with Gasteiger partial charge in [0, 0.05) is 13.1 Å². The van der Waals surface area contributed by atoms with Gasteiger partial charge in [0.05, 0.1) is 11.6 Å². The summed E-state index contributed by atoms with van der Waals surface area (Å²) in [6.45, 7) is 3.44. The summed E-state index contributed by atoms with van der Waals surface area (Å²) in [5, 5.41) is 15.2. The third-order valence-electron chi connectivity index (χ3n) is 2.68. The maximum absolute atomic E-state index is 8.76. The van der Waals surface area contributed by atoms with Crippen LogP contribution in [-0.2, 0) is 6.54 Å². The number of rotatable bonds is 5. The Bertz CT molecular complexity index is 618. The second kappa shape index (κ2) is 6.87. The highest BCUT2D eigenvalue weighted by molar-refractivity contribution is 9.10. The van der Waals surface area contributed by atoms with E-state index in [0.717, 1.165) is 28.2 Å². The smallest absolute Gasteiger partial charge is 0.146 e. The number of nitriles is 1. The summed E-state index contributed by atoms with van der Waals surface area (Å²) in [4.78, 5) is 8.37. The maximum Gasteiger partial charge on any atom is 0.146 e. The Morgan fingerprint density at radius 1 is 1.15 bits per heavy atom. The maximum atomic E-state index is 8.76. The number of hydrogen-bond acceptors (Lipinski definition) is 5. The molecule has 20 heavy (non-hydrogen) atoms. The Kier molecular flexibility index (Phi) is 4.91. The van der Waals surface area contributed by atoms with Crippen molar-refractivity contribution in [2.24, 2.45) is 0 Å². The molecular formula is C14H14BrN5. The molecule has 0 unspecified atom stereocenters. The van der Waals surface area contributed by atoms with Crippen LogP contribution in [0.3, 0.4) is 0 Å². The summed E-state index contributed by atoms with van der Waals surface area (Å²) in [7, 11) is 0. The van der Waals surface area contributed by atoms with Gasteiger partial charge in [0.1, 0.15) is 22.4 Å². The fourth-order valence-electron chi connectivity index (χ4n) is 1.67. The molecule has 2 rings (SSSR count). The molecule has 0 saturated carbocycles. The summed E-state index contributed by atoms with van der Waals surface area (Å²) in [6.07, 6.45) is 1.52. The average molecular weight is 332 g/mol. The molecule has 0 fully saturated rings. The van der Waals surface area contributed by atoms with Crippen molar-refractivity contribution >= 4 is 27.6 Å². The summed E-state index contributed by atoms with van der Waals surface area (Å²) < 4.78 is 0.815. The largest absolute Gasteiger partial charge is 0.369 e. The van der Waals surface area contributed by atoms with Crippen LogP contribution < -0.4 is 10.6 Å². The van der Waals surface area contributed by atoms with Gasteiger partial charge in [-0.05, 0) is 40.5 Å². The first kappa shape index (κ1) is 14.3. The van der Waals surface area contributed by atoms with Crippen LogP contribution in [0.2, 0.25) is 0 Å². The number of halogens is 1. The van der Waals surface area contributed by atoms with E-state index in [1.54, 1.807) is 12.1 Å². The minimum Gasteiger partial charge on any atom is -0.369 e. The van der Waals surface area contributed by atoms with Gasteiger partial charge in [0.15, 0.2) is 0 Å². The van der Waals surface area contributed by atoms with E-state index >= 15 is 0 Å². The molecule has 0 aliphatic rings. The Balaban J connectivity index is 2.06. The molecular weight excluding hydrogens is 318 g/mol. The standard InChI is InChI=1S/C14H14BrN5/c1-2-17-13-12(15)14(20-9-19-13)18-8-11-5-3-10(7-16)4-6-11/h3-6,9H,2,8H2,1H3,(H2,17,18,19,20). The first-order valence-corrected chi connectivity index (χ1v) is 7.01. The van der Waals surface area contributed by atoms with E-state index in [1.165, 1.54) is 6.33 Å². The lowest BCUT2D eigenvalue weighted by Crippen LogP contribution is -2.06. The van der Waals surface area contributed by atoms with Crippen LogP contribution in [0.15, 0.2) is 35.1 Å². The van der Waals surface area contributed by atoms with Gasteiger partial charge in [-0.15, -0.1) is 0 Å². The average Bonchev–Trinajstić information content (AvgIpc) is 2.49. The highest BCUT2D eigenvalue weighted by Crippen LogP contribution is 2.26. The van der Waals surface area contributed by atoms with Gasteiger partial charge in [-0.3, -0.25) is 0 Å². The van der Waals surface area contributed by atoms with Crippen LogP contribution >= 0.6 is 15.9 Å². The van der Waals surface area contributed by atoms with Crippen molar-refractivity contribution in [3.63, 3.8) is 0 Å². The van der Waals surface area contributed by atoms with Crippen LogP contribution in [0, 0.1) is 11.3 Å². The topological polar surface area (TPSA) is 73.6 Å². The number of hydrogen-bond donors (Lipinski definition) is 2. The van der Waals surface area contributed by atoms with E-state index in [2.05, 4.69) is 42.6 Å². The molecule has 0 spiro atoms. The van der Waals surface area contributed by atoms with Crippen LogP contribution in [0.1, 0.15) is 18.1 Å². The van der Waals surface area contributed by atoms with Crippen molar-refractivity contribution in [1.82, 2.24) is 9.97 Å². The summed E-state index contributed by atoms with van der Waals surface area (Å²) in [5.74, 6) is 1.50. The van der Waals surface area contributed by atoms with Gasteiger partial charge in [0.25, 0.3) is 0 Å². The van der Waals surface area contributed by atoms with Gasteiger partial charge in [-0.25, -0.2) is 9.97 Å². The molecule has 0 aliphatic heterocycles. The Hall–Kier alpha value is -2.13. The van der Waals surface area contributed by atoms with Crippen molar-refractivity contribution in [1.29, 1.82) is 5.26 Å². The highest BCUT2D eigenvalue weighted by Gasteiger charge is 2.07. The van der Waals surface area contributed by atoms with E-state index in [0.29, 0.717) is 12.1 Å². The number of anilines is 2. The first-order chi connectivity index (χ1) is 9.74. The monoisotopic (exact) mass is 331 g/mol. The zero-order valence-electron chi connectivity index (χ0n) is 11.0. The number of benzene rings is 1. The quantitative estimate of drug-likeness (QED) is 0.880. The van der Waals surface area contributed by atoms with Gasteiger partial charge < -0.3 is 10.6 Å². The minimum absolute atomic E-state index is 0.632. The zero-order valence-corrected chi connectivity index (χ0v) is 12.6. The molecule has 0 aliphatic carbocycles. The molecule has 2 N–H and O–H groups in total. The van der Waals surface area contributed by atoms with Gasteiger partial charge in [0.2, 0.25) is 0 Å². The minimum atomic E-state index is 0.632. The lowest BCUT2D eigenvalue weighted by Gasteiger charge is -2.10. The Labute approximate surface area is 126 Å². The number of nitrogens with zero attached hydrogens (tertiary/aromatic N) is 3. The zero-order chi connectivity index (χ0) is 14.4. The molecule has 1 aromatic heterocycles. The summed E-state index contributed by atoms with van der Waals surface area (Å²) in [6, 6.07) is 9.55. The molecule has 0 bridgehead atoms. The van der Waals surface area contributed by atoms with E-state index in [1.807, 2.05) is 19.1 Å². The highest BCUT2D eigenvalue weighted by atomic mass is 79.9. The van der Waals surface area contributed by atoms with Crippen molar-refractivity contribution in [2.75, 3.05) is 17.2 Å². The van der Waals surface area contributed by atoms with Gasteiger partial charge in [-0.1, -0.05) is 12.1 Å². The van der Waals surface area contributed by atoms with Crippen molar-refractivity contribution in [3.8, 4) is 6.07 Å². The van der Waals surface area contributed by atoms with E-state index in [-0.39, 0.29) is 0 Å². The fourth-order valence-corrected chi connectivity index (χ4v) is 2.15. The molecule has 6 heteroatoms. The molecule has 1 heterocycles. The van der Waals surface area contributed by atoms with Gasteiger partial charge >= 0.3 is 0 Å². The lowest BCUT2D eigenvalue weighted by molar-refractivity contribution is 1.06. The second-order valence-corrected chi connectivity index (χ2v) is 4.87. The predicted octanol–water partition coefficient (Wildman–Crippen LogP) is 3.15. The molecule has 5 nitrogen and oxygen atoms in total.